The van der Waals surface area contributed by atoms with E-state index in [1.807, 2.05) is 18.2 Å². The Kier molecular flexibility index (Phi) is 11.3. The summed E-state index contributed by atoms with van der Waals surface area (Å²) in [6.07, 6.45) is 15.9. The van der Waals surface area contributed by atoms with Crippen molar-refractivity contribution in [2.45, 2.75) is 64.7 Å². The maximum absolute atomic E-state index is 12.8. The van der Waals surface area contributed by atoms with E-state index in [2.05, 4.69) is 53.5 Å². The Morgan fingerprint density at radius 2 is 1.69 bits per heavy atom. The van der Waals surface area contributed by atoms with Gasteiger partial charge in [-0.15, -0.1) is 0 Å². The molecule has 0 unspecified atom stereocenters. The third kappa shape index (κ3) is 8.53. The number of carbonyl (C=O) groups excluding carboxylic acids is 1. The third-order valence-corrected chi connectivity index (χ3v) is 7.60. The second-order valence-electron chi connectivity index (χ2n) is 10.8. The molecule has 6 heteroatoms. The number of carboxylic acid groups (broad SMARTS) is 1. The highest BCUT2D eigenvalue weighted by molar-refractivity contribution is 6.48. The SMILES string of the molecule is CCCCCCCCc1ccc(N2CCCc3cc(/C=C/C=C(/C(=N)C(=O)O)C(=O)Nc4ccccc4)ccc32)cc1. The van der Waals surface area contributed by atoms with Crippen LogP contribution in [0.2, 0.25) is 0 Å². The highest BCUT2D eigenvalue weighted by Crippen LogP contribution is 2.34. The van der Waals surface area contributed by atoms with Gasteiger partial charge >= 0.3 is 5.97 Å². The highest BCUT2D eigenvalue weighted by atomic mass is 16.4. The van der Waals surface area contributed by atoms with Gasteiger partial charge in [0.2, 0.25) is 0 Å². The number of nitrogens with one attached hydrogen (secondary N) is 2. The molecule has 218 valence electrons. The summed E-state index contributed by atoms with van der Waals surface area (Å²) in [4.78, 5) is 26.6. The molecule has 1 aliphatic heterocycles. The average molecular weight is 564 g/mol. The van der Waals surface area contributed by atoms with Gasteiger partial charge in [-0.05, 0) is 84.8 Å². The molecule has 3 aromatic rings. The van der Waals surface area contributed by atoms with Gasteiger partial charge in [-0.2, -0.15) is 0 Å². The normalized spacial score (nSPS) is 13.2. The van der Waals surface area contributed by atoms with Crippen LogP contribution in [0.25, 0.3) is 6.08 Å². The van der Waals surface area contributed by atoms with Crippen LogP contribution < -0.4 is 10.2 Å². The predicted octanol–water partition coefficient (Wildman–Crippen LogP) is 8.36. The van der Waals surface area contributed by atoms with Gasteiger partial charge in [0.1, 0.15) is 0 Å². The fourth-order valence-corrected chi connectivity index (χ4v) is 5.30. The van der Waals surface area contributed by atoms with Crippen LogP contribution in [0.5, 0.6) is 0 Å². The van der Waals surface area contributed by atoms with Crippen molar-refractivity contribution in [2.75, 3.05) is 16.8 Å². The minimum absolute atomic E-state index is 0.216. The molecule has 6 nitrogen and oxygen atoms in total. The third-order valence-electron chi connectivity index (χ3n) is 7.60. The summed E-state index contributed by atoms with van der Waals surface area (Å²) in [5.41, 5.74) is 5.56. The number of aryl methyl sites for hydroxylation is 2. The second-order valence-corrected chi connectivity index (χ2v) is 10.8. The van der Waals surface area contributed by atoms with E-state index in [-0.39, 0.29) is 5.57 Å². The van der Waals surface area contributed by atoms with E-state index in [1.54, 1.807) is 30.3 Å². The van der Waals surface area contributed by atoms with Gasteiger partial charge in [0.15, 0.2) is 5.71 Å². The zero-order valence-corrected chi connectivity index (χ0v) is 24.4. The van der Waals surface area contributed by atoms with E-state index in [9.17, 15) is 14.7 Å². The van der Waals surface area contributed by atoms with Crippen molar-refractivity contribution < 1.29 is 14.7 Å². The number of carbonyl (C=O) groups is 2. The number of benzene rings is 3. The number of hydrogen-bond acceptors (Lipinski definition) is 4. The minimum Gasteiger partial charge on any atom is -0.477 e. The summed E-state index contributed by atoms with van der Waals surface area (Å²) in [6, 6.07) is 24.1. The molecule has 0 fully saturated rings. The molecular weight excluding hydrogens is 522 g/mol. The molecule has 1 heterocycles. The van der Waals surface area contributed by atoms with Gasteiger partial charge in [-0.25, -0.2) is 4.79 Å². The van der Waals surface area contributed by atoms with Crippen LogP contribution in [0.4, 0.5) is 17.1 Å². The smallest absolute Gasteiger partial charge is 0.354 e. The van der Waals surface area contributed by atoms with E-state index in [4.69, 9.17) is 5.41 Å². The Hall–Kier alpha value is -4.45. The summed E-state index contributed by atoms with van der Waals surface area (Å²) < 4.78 is 0. The molecule has 0 saturated heterocycles. The van der Waals surface area contributed by atoms with Crippen LogP contribution in [0.3, 0.4) is 0 Å². The lowest BCUT2D eigenvalue weighted by molar-refractivity contribution is -0.129. The molecule has 42 heavy (non-hydrogen) atoms. The van der Waals surface area contributed by atoms with Crippen LogP contribution in [0, 0.1) is 5.41 Å². The average Bonchev–Trinajstić information content (AvgIpc) is 3.01. The molecule has 0 atom stereocenters. The van der Waals surface area contributed by atoms with Gasteiger partial charge in [0.05, 0.1) is 5.57 Å². The molecule has 0 bridgehead atoms. The lowest BCUT2D eigenvalue weighted by atomic mass is 9.98. The number of aliphatic carboxylic acids is 1. The van der Waals surface area contributed by atoms with Gasteiger partial charge in [-0.1, -0.05) is 87.6 Å². The summed E-state index contributed by atoms with van der Waals surface area (Å²) in [6.45, 7) is 3.22. The molecule has 0 aliphatic carbocycles. The van der Waals surface area contributed by atoms with Crippen molar-refractivity contribution in [3.05, 3.63) is 107 Å². The van der Waals surface area contributed by atoms with E-state index >= 15 is 0 Å². The number of para-hydroxylation sites is 1. The number of carboxylic acids is 1. The lowest BCUT2D eigenvalue weighted by Crippen LogP contribution is -2.25. The molecule has 1 aliphatic rings. The zero-order chi connectivity index (χ0) is 29.7. The number of rotatable bonds is 14. The first-order chi connectivity index (χ1) is 20.5. The summed E-state index contributed by atoms with van der Waals surface area (Å²) in [7, 11) is 0. The maximum atomic E-state index is 12.8. The van der Waals surface area contributed by atoms with Crippen molar-refractivity contribution in [2.24, 2.45) is 0 Å². The quantitative estimate of drug-likeness (QED) is 0.0795. The van der Waals surface area contributed by atoms with E-state index < -0.39 is 17.6 Å². The van der Waals surface area contributed by atoms with E-state index in [0.717, 1.165) is 31.4 Å². The first kappa shape index (κ1) is 30.5. The van der Waals surface area contributed by atoms with Crippen molar-refractivity contribution in [1.82, 2.24) is 0 Å². The summed E-state index contributed by atoms with van der Waals surface area (Å²) in [5, 5.41) is 19.9. The largest absolute Gasteiger partial charge is 0.477 e. The van der Waals surface area contributed by atoms with Gasteiger partial charge < -0.3 is 15.3 Å². The Balaban J connectivity index is 1.43. The fourth-order valence-electron chi connectivity index (χ4n) is 5.30. The predicted molar refractivity (Wildman–Crippen MR) is 173 cm³/mol. The summed E-state index contributed by atoms with van der Waals surface area (Å²) >= 11 is 0. The lowest BCUT2D eigenvalue weighted by Gasteiger charge is -2.31. The van der Waals surface area contributed by atoms with E-state index in [1.165, 1.54) is 67.1 Å². The van der Waals surface area contributed by atoms with Crippen LogP contribution >= 0.6 is 0 Å². The van der Waals surface area contributed by atoms with Crippen LogP contribution in [0.1, 0.15) is 68.6 Å². The minimum atomic E-state index is -1.46. The first-order valence-corrected chi connectivity index (χ1v) is 15.0. The Bertz CT molecular complexity index is 1430. The highest BCUT2D eigenvalue weighted by Gasteiger charge is 2.21. The fraction of sp³-hybridized carbons (Fsp3) is 0.306. The van der Waals surface area contributed by atoms with Crippen molar-refractivity contribution in [3.63, 3.8) is 0 Å². The molecule has 0 radical (unpaired) electrons. The number of allylic oxidation sites excluding steroid dienone is 2. The Morgan fingerprint density at radius 3 is 2.43 bits per heavy atom. The molecule has 0 saturated carbocycles. The van der Waals surface area contributed by atoms with Crippen molar-refractivity contribution in [3.8, 4) is 0 Å². The van der Waals surface area contributed by atoms with Crippen LogP contribution in [0.15, 0.2) is 90.5 Å². The maximum Gasteiger partial charge on any atom is 0.354 e. The number of anilines is 3. The Labute approximate surface area is 249 Å². The topological polar surface area (TPSA) is 93.5 Å². The molecule has 0 spiro atoms. The monoisotopic (exact) mass is 563 g/mol. The van der Waals surface area contributed by atoms with E-state index in [0.29, 0.717) is 5.69 Å². The molecule has 3 aromatic carbocycles. The standard InChI is InChI=1S/C36H41N3O3/c1-2-3-4-5-6-8-13-27-19-22-31(23-20-27)39-25-12-15-29-26-28(21-24-33(29)39)14-11-18-32(34(37)36(41)42)35(40)38-30-16-9-7-10-17-30/h7,9-11,14,16-24,26,37H,2-6,8,12-13,15,25H2,1H3,(H,38,40)(H,41,42)/b14-11+,32-18-,37-34?. The Morgan fingerprint density at radius 1 is 0.952 bits per heavy atom. The number of nitrogens with zero attached hydrogens (tertiary/aromatic N) is 1. The van der Waals surface area contributed by atoms with Gasteiger partial charge in [0, 0.05) is 23.6 Å². The van der Waals surface area contributed by atoms with Crippen molar-refractivity contribution in [1.29, 1.82) is 5.41 Å². The summed E-state index contributed by atoms with van der Waals surface area (Å²) in [5.74, 6) is -2.10. The molecule has 1 amide bonds. The molecule has 4 rings (SSSR count). The zero-order valence-electron chi connectivity index (χ0n) is 24.4. The number of hydrogen-bond donors (Lipinski definition) is 3. The first-order valence-electron chi connectivity index (χ1n) is 15.0. The van der Waals surface area contributed by atoms with Gasteiger partial charge in [0.25, 0.3) is 5.91 Å². The van der Waals surface area contributed by atoms with Crippen LogP contribution in [-0.4, -0.2) is 29.2 Å². The molecule has 3 N–H and O–H groups in total. The molecule has 0 aromatic heterocycles. The molecular formula is C36H41N3O3. The second kappa shape index (κ2) is 15.5. The number of unbranched alkanes of at least 4 members (excludes halogenated alkanes) is 5. The number of fused-ring (bicyclic) bond motifs is 1. The van der Waals surface area contributed by atoms with Gasteiger partial charge in [-0.3, -0.25) is 10.2 Å². The number of amides is 1. The van der Waals surface area contributed by atoms with Crippen LogP contribution in [-0.2, 0) is 22.4 Å². The van der Waals surface area contributed by atoms with Crippen molar-refractivity contribution >= 4 is 40.7 Å².